The molecule has 2 aromatic rings. The minimum absolute atomic E-state index is 0.0652. The highest BCUT2D eigenvalue weighted by atomic mass is 16.2. The molecule has 8 heteroatoms. The predicted molar refractivity (Wildman–Crippen MR) is 103 cm³/mol. The molecule has 1 atom stereocenters. The largest absolute Gasteiger partial charge is 0.359 e. The number of aryl methyl sites for hydroxylation is 1. The van der Waals surface area contributed by atoms with E-state index < -0.39 is 6.04 Å². The molecule has 146 valence electrons. The Hall–Kier alpha value is -3.29. The second-order valence-corrected chi connectivity index (χ2v) is 6.76. The molecule has 1 aromatic carbocycles. The van der Waals surface area contributed by atoms with Crippen molar-refractivity contribution >= 4 is 17.7 Å². The lowest BCUT2D eigenvalue weighted by molar-refractivity contribution is -0.132. The summed E-state index contributed by atoms with van der Waals surface area (Å²) in [7, 11) is 1.50. The first kappa shape index (κ1) is 19.5. The van der Waals surface area contributed by atoms with Crippen LogP contribution in [0.3, 0.4) is 0 Å². The van der Waals surface area contributed by atoms with Crippen LogP contribution in [0.1, 0.15) is 27.9 Å². The fourth-order valence-corrected chi connectivity index (χ4v) is 3.18. The number of amides is 3. The Balaban J connectivity index is 1.84. The van der Waals surface area contributed by atoms with Crippen LogP contribution in [0.2, 0.25) is 0 Å². The number of hydrogen-bond acceptors (Lipinski definition) is 5. The number of nitrogens with zero attached hydrogens (tertiary/aromatic N) is 3. The van der Waals surface area contributed by atoms with E-state index in [-0.39, 0.29) is 24.1 Å². The fourth-order valence-electron chi connectivity index (χ4n) is 3.18. The molecule has 0 bridgehead atoms. The van der Waals surface area contributed by atoms with Crippen molar-refractivity contribution in [3.63, 3.8) is 0 Å². The maximum Gasteiger partial charge on any atom is 0.254 e. The molecule has 2 N–H and O–H groups in total. The number of hydrogen-bond donors (Lipinski definition) is 2. The van der Waals surface area contributed by atoms with Crippen LogP contribution < -0.4 is 10.6 Å². The summed E-state index contributed by atoms with van der Waals surface area (Å²) in [6.45, 7) is 4.68. The van der Waals surface area contributed by atoms with Crippen LogP contribution in [0, 0.1) is 13.8 Å². The average molecular weight is 381 g/mol. The molecule has 1 aliphatic rings. The maximum atomic E-state index is 13.0. The molecule has 2 heterocycles. The van der Waals surface area contributed by atoms with Crippen molar-refractivity contribution in [3.05, 3.63) is 47.2 Å². The molecule has 1 aliphatic heterocycles. The summed E-state index contributed by atoms with van der Waals surface area (Å²) in [5, 5.41) is 13.4. The van der Waals surface area contributed by atoms with Gasteiger partial charge in [-0.3, -0.25) is 14.4 Å². The van der Waals surface area contributed by atoms with Crippen LogP contribution in [0.25, 0.3) is 11.3 Å². The lowest BCUT2D eigenvalue weighted by Crippen LogP contribution is -2.58. The molecule has 0 spiro atoms. The first-order valence-corrected chi connectivity index (χ1v) is 9.11. The maximum absolute atomic E-state index is 13.0. The van der Waals surface area contributed by atoms with E-state index in [0.717, 1.165) is 22.4 Å². The van der Waals surface area contributed by atoms with E-state index in [1.165, 1.54) is 11.9 Å². The smallest absolute Gasteiger partial charge is 0.254 e. The molecule has 1 unspecified atom stereocenters. The summed E-state index contributed by atoms with van der Waals surface area (Å²) in [6, 6.07) is 6.25. The Morgan fingerprint density at radius 2 is 1.96 bits per heavy atom. The zero-order chi connectivity index (χ0) is 20.3. The molecule has 0 aliphatic carbocycles. The summed E-state index contributed by atoms with van der Waals surface area (Å²) < 4.78 is 0. The molecule has 3 rings (SSSR count). The number of carbonyl (C=O) groups excluding carboxylic acids is 3. The van der Waals surface area contributed by atoms with Crippen LogP contribution in [0.15, 0.2) is 30.5 Å². The van der Waals surface area contributed by atoms with E-state index in [1.807, 2.05) is 26.0 Å². The number of carbonyl (C=O) groups is 3. The van der Waals surface area contributed by atoms with Crippen LogP contribution >= 0.6 is 0 Å². The van der Waals surface area contributed by atoms with Gasteiger partial charge in [-0.15, -0.1) is 0 Å². The van der Waals surface area contributed by atoms with E-state index >= 15 is 0 Å². The number of benzene rings is 1. The van der Waals surface area contributed by atoms with Crippen LogP contribution in [0.5, 0.6) is 0 Å². The summed E-state index contributed by atoms with van der Waals surface area (Å²) >= 11 is 0. The third-order valence-corrected chi connectivity index (χ3v) is 5.01. The van der Waals surface area contributed by atoms with Gasteiger partial charge in [0.25, 0.3) is 5.91 Å². The van der Waals surface area contributed by atoms with E-state index in [4.69, 9.17) is 0 Å². The molecule has 8 nitrogen and oxygen atoms in total. The lowest BCUT2D eigenvalue weighted by atomic mass is 10.0. The lowest BCUT2D eigenvalue weighted by Gasteiger charge is -2.34. The monoisotopic (exact) mass is 381 g/mol. The summed E-state index contributed by atoms with van der Waals surface area (Å²) in [5.74, 6) is -0.878. The van der Waals surface area contributed by atoms with Gasteiger partial charge in [0.2, 0.25) is 11.8 Å². The topological polar surface area (TPSA) is 104 Å². The quantitative estimate of drug-likeness (QED) is 0.817. The Labute approximate surface area is 163 Å². The van der Waals surface area contributed by atoms with Gasteiger partial charge in [0.1, 0.15) is 6.04 Å². The molecule has 1 fully saturated rings. The Morgan fingerprint density at radius 3 is 2.64 bits per heavy atom. The molecule has 1 aromatic heterocycles. The Bertz CT molecular complexity index is 911. The highest BCUT2D eigenvalue weighted by Gasteiger charge is 2.34. The van der Waals surface area contributed by atoms with Crippen molar-refractivity contribution in [2.24, 2.45) is 0 Å². The van der Waals surface area contributed by atoms with Crippen molar-refractivity contribution in [1.82, 2.24) is 25.7 Å². The number of rotatable bonds is 4. The van der Waals surface area contributed by atoms with E-state index in [2.05, 4.69) is 20.8 Å². The predicted octanol–water partition coefficient (Wildman–Crippen LogP) is 0.837. The first-order chi connectivity index (χ1) is 13.4. The van der Waals surface area contributed by atoms with Gasteiger partial charge in [0.15, 0.2) is 0 Å². The van der Waals surface area contributed by atoms with Gasteiger partial charge in [-0.25, -0.2) is 0 Å². The van der Waals surface area contributed by atoms with Crippen molar-refractivity contribution in [1.29, 1.82) is 0 Å². The van der Waals surface area contributed by atoms with Gasteiger partial charge in [0.05, 0.1) is 18.3 Å². The third-order valence-electron chi connectivity index (χ3n) is 5.01. The van der Waals surface area contributed by atoms with Crippen LogP contribution in [0.4, 0.5) is 0 Å². The van der Waals surface area contributed by atoms with Crippen molar-refractivity contribution in [3.8, 4) is 11.3 Å². The highest BCUT2D eigenvalue weighted by molar-refractivity contribution is 5.99. The molecular weight excluding hydrogens is 358 g/mol. The number of piperazine rings is 1. The zero-order valence-electron chi connectivity index (χ0n) is 16.2. The van der Waals surface area contributed by atoms with Gasteiger partial charge >= 0.3 is 0 Å². The average Bonchev–Trinajstić information content (AvgIpc) is 2.71. The molecule has 28 heavy (non-hydrogen) atoms. The van der Waals surface area contributed by atoms with Gasteiger partial charge < -0.3 is 15.5 Å². The second-order valence-electron chi connectivity index (χ2n) is 6.76. The van der Waals surface area contributed by atoms with E-state index in [9.17, 15) is 14.4 Å². The van der Waals surface area contributed by atoms with Gasteiger partial charge in [-0.1, -0.05) is 12.1 Å². The van der Waals surface area contributed by atoms with E-state index in [0.29, 0.717) is 18.7 Å². The Morgan fingerprint density at radius 1 is 1.25 bits per heavy atom. The summed E-state index contributed by atoms with van der Waals surface area (Å²) in [6.07, 6.45) is 1.65. The second kappa shape index (κ2) is 8.16. The third kappa shape index (κ3) is 3.85. The molecule has 0 radical (unpaired) electrons. The minimum atomic E-state index is -0.814. The molecule has 1 saturated heterocycles. The SMILES string of the molecule is CNC(=O)CC1C(=O)NCCN1C(=O)c1ccc(-c2nncc(C)c2C)cc1. The van der Waals surface area contributed by atoms with Gasteiger partial charge in [-0.05, 0) is 37.1 Å². The molecule has 3 amide bonds. The Kier molecular flexibility index (Phi) is 5.67. The normalized spacial score (nSPS) is 16.5. The van der Waals surface area contributed by atoms with Gasteiger partial charge in [-0.2, -0.15) is 10.2 Å². The highest BCUT2D eigenvalue weighted by Crippen LogP contribution is 2.23. The number of aromatic nitrogens is 2. The summed E-state index contributed by atoms with van der Waals surface area (Å²) in [4.78, 5) is 38.4. The van der Waals surface area contributed by atoms with Crippen molar-refractivity contribution in [2.75, 3.05) is 20.1 Å². The number of nitrogens with one attached hydrogen (secondary N) is 2. The fraction of sp³-hybridized carbons (Fsp3) is 0.350. The first-order valence-electron chi connectivity index (χ1n) is 9.11. The zero-order valence-corrected chi connectivity index (χ0v) is 16.2. The molecule has 0 saturated carbocycles. The van der Waals surface area contributed by atoms with Crippen LogP contribution in [-0.2, 0) is 9.59 Å². The van der Waals surface area contributed by atoms with E-state index in [1.54, 1.807) is 18.3 Å². The van der Waals surface area contributed by atoms with Crippen LogP contribution in [-0.4, -0.2) is 59.0 Å². The summed E-state index contributed by atoms with van der Waals surface area (Å²) in [5.41, 5.74) is 4.17. The molecular formula is C20H23N5O3. The van der Waals surface area contributed by atoms with Crippen molar-refractivity contribution < 1.29 is 14.4 Å². The standard InChI is InChI=1S/C20H23N5O3/c1-12-11-23-24-18(13(12)2)14-4-6-15(7-5-14)20(28)25-9-8-22-19(27)16(25)10-17(26)21-3/h4-7,11,16H,8-10H2,1-3H3,(H,21,26)(H,22,27). The van der Waals surface area contributed by atoms with Gasteiger partial charge in [0, 0.05) is 31.3 Å². The van der Waals surface area contributed by atoms with Crippen molar-refractivity contribution in [2.45, 2.75) is 26.3 Å². The minimum Gasteiger partial charge on any atom is -0.359 e.